The van der Waals surface area contributed by atoms with E-state index in [1.54, 1.807) is 18.9 Å². The van der Waals surface area contributed by atoms with Crippen LogP contribution in [-0.2, 0) is 33.8 Å². The van der Waals surface area contributed by atoms with Crippen LogP contribution in [0.5, 0.6) is 5.75 Å². The van der Waals surface area contributed by atoms with Crippen LogP contribution in [-0.4, -0.2) is 76.0 Å². The summed E-state index contributed by atoms with van der Waals surface area (Å²) >= 11 is 6.22. The maximum atomic E-state index is 14.4. The average molecular weight is 654 g/mol. The molecule has 46 heavy (non-hydrogen) atoms. The number of piperidine rings is 1. The average Bonchev–Trinajstić information content (AvgIpc) is 3.20. The predicted molar refractivity (Wildman–Crippen MR) is 170 cm³/mol. The van der Waals surface area contributed by atoms with Gasteiger partial charge in [0.15, 0.2) is 0 Å². The van der Waals surface area contributed by atoms with Gasteiger partial charge in [-0.1, -0.05) is 29.8 Å². The molecule has 1 saturated heterocycles. The van der Waals surface area contributed by atoms with Crippen molar-refractivity contribution in [1.82, 2.24) is 24.3 Å². The number of nitrogens with zero attached hydrogens (tertiary/aromatic N) is 4. The van der Waals surface area contributed by atoms with Crippen LogP contribution in [0.1, 0.15) is 43.9 Å². The molecular formula is C33H37ClFN5O6. The van der Waals surface area contributed by atoms with Crippen molar-refractivity contribution in [3.8, 4) is 16.9 Å². The summed E-state index contributed by atoms with van der Waals surface area (Å²) in [4.78, 5) is 68.9. The number of fused-ring (bicyclic) bond motifs is 1. The van der Waals surface area contributed by atoms with Crippen LogP contribution in [0.25, 0.3) is 11.1 Å². The second-order valence-corrected chi connectivity index (χ2v) is 12.2. The van der Waals surface area contributed by atoms with E-state index in [1.165, 1.54) is 25.3 Å². The smallest absolute Gasteiger partial charge is 0.331 e. The number of ether oxygens (including phenoxy) is 1. The fraction of sp³-hybridized carbons (Fsp3) is 0.424. The van der Waals surface area contributed by atoms with E-state index in [0.29, 0.717) is 45.3 Å². The van der Waals surface area contributed by atoms with Gasteiger partial charge in [0.05, 0.1) is 30.2 Å². The fourth-order valence-corrected chi connectivity index (χ4v) is 6.45. The number of benzene rings is 2. The van der Waals surface area contributed by atoms with E-state index >= 15 is 0 Å². The highest BCUT2D eigenvalue weighted by Gasteiger charge is 2.32. The summed E-state index contributed by atoms with van der Waals surface area (Å²) in [6, 6.07) is 9.01. The first kappa shape index (κ1) is 32.9. The third-order valence-electron chi connectivity index (χ3n) is 8.78. The van der Waals surface area contributed by atoms with Gasteiger partial charge in [0, 0.05) is 50.9 Å². The zero-order valence-corrected chi connectivity index (χ0v) is 26.8. The van der Waals surface area contributed by atoms with Crippen molar-refractivity contribution in [1.29, 1.82) is 0 Å². The van der Waals surface area contributed by atoms with Gasteiger partial charge in [0.2, 0.25) is 17.7 Å². The van der Waals surface area contributed by atoms with Crippen molar-refractivity contribution in [3.63, 3.8) is 0 Å². The van der Waals surface area contributed by atoms with E-state index in [-0.39, 0.29) is 53.0 Å². The maximum absolute atomic E-state index is 14.4. The second kappa shape index (κ2) is 13.9. The number of carbonyl (C=O) groups excluding carboxylic acids is 3. The number of hydrogen-bond donors (Lipinski definition) is 1. The van der Waals surface area contributed by atoms with E-state index in [1.807, 2.05) is 23.1 Å². The topological polar surface area (TPSA) is 123 Å². The van der Waals surface area contributed by atoms with Crippen LogP contribution in [0, 0.1) is 5.82 Å². The molecule has 3 amide bonds. The summed E-state index contributed by atoms with van der Waals surface area (Å²) in [5.41, 5.74) is 0.662. The Bertz CT molecular complexity index is 1780. The van der Waals surface area contributed by atoms with Gasteiger partial charge in [-0.2, -0.15) is 0 Å². The van der Waals surface area contributed by atoms with Crippen molar-refractivity contribution < 1.29 is 23.5 Å². The van der Waals surface area contributed by atoms with E-state index in [9.17, 15) is 28.4 Å². The lowest BCUT2D eigenvalue weighted by molar-refractivity contribution is -0.136. The van der Waals surface area contributed by atoms with Crippen molar-refractivity contribution in [2.45, 2.75) is 58.2 Å². The summed E-state index contributed by atoms with van der Waals surface area (Å²) in [6.45, 7) is 3.89. The number of likely N-dealkylation sites (tertiary alicyclic amines) is 1. The minimum atomic E-state index is -0.772. The van der Waals surface area contributed by atoms with Crippen molar-refractivity contribution in [2.24, 2.45) is 0 Å². The third-order valence-corrected chi connectivity index (χ3v) is 9.16. The summed E-state index contributed by atoms with van der Waals surface area (Å²) in [5, 5.41) is 2.31. The van der Waals surface area contributed by atoms with Crippen LogP contribution < -0.4 is 21.3 Å². The number of nitrogens with one attached hydrogen (secondary N) is 1. The third kappa shape index (κ3) is 6.86. The normalized spacial score (nSPS) is 16.1. The van der Waals surface area contributed by atoms with Crippen molar-refractivity contribution in [3.05, 3.63) is 85.4 Å². The number of carbonyl (C=O) groups is 3. The summed E-state index contributed by atoms with van der Waals surface area (Å²) < 4.78 is 21.8. The highest BCUT2D eigenvalue weighted by molar-refractivity contribution is 6.33. The summed E-state index contributed by atoms with van der Waals surface area (Å²) in [5.74, 6) is -0.596. The molecule has 1 aromatic heterocycles. The van der Waals surface area contributed by atoms with Crippen LogP contribution >= 0.6 is 11.6 Å². The first-order valence-corrected chi connectivity index (χ1v) is 15.6. The highest BCUT2D eigenvalue weighted by Crippen LogP contribution is 2.28. The van der Waals surface area contributed by atoms with E-state index < -0.39 is 23.1 Å². The molecule has 1 fully saturated rings. The maximum Gasteiger partial charge on any atom is 0.331 e. The molecule has 2 aromatic carbocycles. The Morgan fingerprint density at radius 1 is 1.07 bits per heavy atom. The van der Waals surface area contributed by atoms with Crippen LogP contribution in [0.15, 0.2) is 52.2 Å². The fourth-order valence-electron chi connectivity index (χ4n) is 6.23. The molecule has 244 valence electrons. The number of aromatic nitrogens is 2. The van der Waals surface area contributed by atoms with Gasteiger partial charge in [-0.15, -0.1) is 0 Å². The molecule has 0 saturated carbocycles. The largest absolute Gasteiger partial charge is 0.497 e. The second-order valence-electron chi connectivity index (χ2n) is 11.8. The Kier molecular flexibility index (Phi) is 9.95. The predicted octanol–water partition coefficient (Wildman–Crippen LogP) is 2.79. The minimum Gasteiger partial charge on any atom is -0.497 e. The summed E-state index contributed by atoms with van der Waals surface area (Å²) in [7, 11) is 1.62. The number of rotatable bonds is 8. The molecule has 2 aliphatic heterocycles. The Morgan fingerprint density at radius 3 is 2.50 bits per heavy atom. The molecule has 0 unspecified atom stereocenters. The number of hydrogen-bond acceptors (Lipinski definition) is 6. The van der Waals surface area contributed by atoms with E-state index in [0.717, 1.165) is 32.1 Å². The van der Waals surface area contributed by atoms with Crippen molar-refractivity contribution in [2.75, 3.05) is 33.3 Å². The molecule has 13 heteroatoms. The van der Waals surface area contributed by atoms with Crippen LogP contribution in [0.2, 0.25) is 5.02 Å². The van der Waals surface area contributed by atoms with Gasteiger partial charge in [-0.05, 0) is 55.5 Å². The van der Waals surface area contributed by atoms with Gasteiger partial charge in [-0.25, -0.2) is 9.18 Å². The highest BCUT2D eigenvalue weighted by atomic mass is 35.5. The van der Waals surface area contributed by atoms with Gasteiger partial charge in [-0.3, -0.25) is 28.3 Å². The molecule has 0 spiro atoms. The van der Waals surface area contributed by atoms with Crippen molar-refractivity contribution >= 4 is 29.3 Å². The molecule has 1 N–H and O–H groups in total. The standard InChI is InChI=1S/C33H37ClFN5O6/c1-20(17-36-21(2)41)40-32(44)27(26-5-4-6-28(35)31(26)34)18-38(33(40)45)19-30(43)37-12-10-24(11-13-37)39-14-9-23-15-25(46-3)8-7-22(23)16-29(39)42/h4-8,15,18,20,24H,9-14,16-17,19H2,1-3H3,(H,36,41)/t20-/m1/s1. The molecule has 2 aliphatic rings. The number of methoxy groups -OCH3 is 1. The van der Waals surface area contributed by atoms with Gasteiger partial charge in [0.1, 0.15) is 18.1 Å². The Hall–Kier alpha value is -4.45. The first-order chi connectivity index (χ1) is 22.0. The molecule has 0 radical (unpaired) electrons. The molecule has 11 nitrogen and oxygen atoms in total. The number of amides is 3. The molecule has 0 aliphatic carbocycles. The SMILES string of the molecule is COc1ccc2c(c1)CCN(C1CCN(C(=O)Cn3cc(-c4cccc(F)c4Cl)c(=O)n([C@H](C)CNC(C)=O)c3=O)CC1)C(=O)C2. The van der Waals surface area contributed by atoms with Crippen LogP contribution in [0.4, 0.5) is 4.39 Å². The monoisotopic (exact) mass is 653 g/mol. The molecule has 5 rings (SSSR count). The Labute approximate surface area is 270 Å². The zero-order valence-electron chi connectivity index (χ0n) is 26.1. The molecule has 0 bridgehead atoms. The minimum absolute atomic E-state index is 0.0138. The first-order valence-electron chi connectivity index (χ1n) is 15.3. The molecule has 3 heterocycles. The molecule has 1 atom stereocenters. The van der Waals surface area contributed by atoms with Gasteiger partial charge in [0.25, 0.3) is 5.56 Å². The van der Waals surface area contributed by atoms with E-state index in [2.05, 4.69) is 5.32 Å². The summed E-state index contributed by atoms with van der Waals surface area (Å²) in [6.07, 6.45) is 3.44. The Morgan fingerprint density at radius 2 is 1.80 bits per heavy atom. The lowest BCUT2D eigenvalue weighted by Crippen LogP contribution is -2.51. The Balaban J connectivity index is 1.33. The van der Waals surface area contributed by atoms with Crippen LogP contribution in [0.3, 0.4) is 0 Å². The van der Waals surface area contributed by atoms with E-state index in [4.69, 9.17) is 16.3 Å². The quantitative estimate of drug-likeness (QED) is 0.399. The lowest BCUT2D eigenvalue weighted by atomic mass is 10.0. The van der Waals surface area contributed by atoms with Gasteiger partial charge < -0.3 is 19.9 Å². The molecule has 3 aromatic rings. The van der Waals surface area contributed by atoms with Gasteiger partial charge >= 0.3 is 5.69 Å². The zero-order chi connectivity index (χ0) is 33.1. The number of halogens is 2. The molecular weight excluding hydrogens is 617 g/mol. The lowest BCUT2D eigenvalue weighted by Gasteiger charge is -2.38.